The summed E-state index contributed by atoms with van der Waals surface area (Å²) in [5.41, 5.74) is 4.93. The van der Waals surface area contributed by atoms with Gasteiger partial charge in [0.05, 0.1) is 5.69 Å². The molecule has 1 amide bonds. The minimum atomic E-state index is -0.306. The van der Waals surface area contributed by atoms with Crippen LogP contribution < -0.4 is 10.1 Å². The van der Waals surface area contributed by atoms with Gasteiger partial charge in [0.1, 0.15) is 24.0 Å². The van der Waals surface area contributed by atoms with Crippen molar-refractivity contribution < 1.29 is 13.9 Å². The second-order valence-electron chi connectivity index (χ2n) is 8.47. The highest BCUT2D eigenvalue weighted by Crippen LogP contribution is 2.43. The number of carbonyl (C=O) groups is 1. The van der Waals surface area contributed by atoms with E-state index in [1.54, 1.807) is 10.7 Å². The number of nitrogens with zero attached hydrogens (tertiary/aromatic N) is 4. The van der Waals surface area contributed by atoms with Crippen molar-refractivity contribution in [3.05, 3.63) is 94.2 Å². The smallest absolute Gasteiger partial charge is 0.252 e. The zero-order valence-corrected chi connectivity index (χ0v) is 19.2. The normalized spacial score (nSPS) is 15.1. The van der Waals surface area contributed by atoms with Gasteiger partial charge in [-0.15, -0.1) is 0 Å². The van der Waals surface area contributed by atoms with E-state index >= 15 is 0 Å². The van der Waals surface area contributed by atoms with Gasteiger partial charge in [-0.25, -0.2) is 14.4 Å². The van der Waals surface area contributed by atoms with Crippen LogP contribution in [0.1, 0.15) is 46.1 Å². The van der Waals surface area contributed by atoms with Crippen LogP contribution in [0, 0.1) is 26.6 Å². The molecule has 0 saturated heterocycles. The SMILES string of the molecule is Cc1cc(C)nc(-n2nc(C)c3c2NC(=O)C[C@@H]3c2ccccc2OCc2cccc(F)c2)n1. The molecule has 0 bridgehead atoms. The topological polar surface area (TPSA) is 81.9 Å². The van der Waals surface area contributed by atoms with E-state index in [-0.39, 0.29) is 30.7 Å². The molecule has 34 heavy (non-hydrogen) atoms. The number of aromatic nitrogens is 4. The van der Waals surface area contributed by atoms with Crippen LogP contribution >= 0.6 is 0 Å². The monoisotopic (exact) mass is 457 g/mol. The van der Waals surface area contributed by atoms with E-state index in [0.717, 1.165) is 33.8 Å². The van der Waals surface area contributed by atoms with Gasteiger partial charge in [-0.3, -0.25) is 4.79 Å². The lowest BCUT2D eigenvalue weighted by atomic mass is 9.85. The lowest BCUT2D eigenvalue weighted by Gasteiger charge is -2.26. The molecule has 0 saturated carbocycles. The minimum absolute atomic E-state index is 0.122. The molecule has 172 valence electrons. The predicted molar refractivity (Wildman–Crippen MR) is 126 cm³/mol. The van der Waals surface area contributed by atoms with E-state index in [4.69, 9.17) is 4.74 Å². The molecule has 2 aromatic carbocycles. The first kappa shape index (κ1) is 21.8. The first-order valence-corrected chi connectivity index (χ1v) is 11.1. The van der Waals surface area contributed by atoms with Crippen molar-refractivity contribution in [2.45, 2.75) is 39.7 Å². The number of hydrogen-bond acceptors (Lipinski definition) is 5. The van der Waals surface area contributed by atoms with Crippen LogP contribution in [0.4, 0.5) is 10.2 Å². The Labute approximate surface area is 196 Å². The average Bonchev–Trinajstić information content (AvgIpc) is 3.13. The molecule has 1 aliphatic rings. The van der Waals surface area contributed by atoms with Gasteiger partial charge in [0.15, 0.2) is 0 Å². The van der Waals surface area contributed by atoms with Crippen molar-refractivity contribution in [1.82, 2.24) is 19.7 Å². The van der Waals surface area contributed by atoms with Gasteiger partial charge in [-0.1, -0.05) is 30.3 Å². The predicted octanol–water partition coefficient (Wildman–Crippen LogP) is 4.78. The van der Waals surface area contributed by atoms with Crippen LogP contribution in [0.15, 0.2) is 54.6 Å². The Hall–Kier alpha value is -4.07. The van der Waals surface area contributed by atoms with Gasteiger partial charge in [0.25, 0.3) is 5.95 Å². The van der Waals surface area contributed by atoms with E-state index in [1.807, 2.05) is 57.2 Å². The Balaban J connectivity index is 1.55. The molecule has 3 heterocycles. The Morgan fingerprint density at radius 3 is 2.59 bits per heavy atom. The summed E-state index contributed by atoms with van der Waals surface area (Å²) in [4.78, 5) is 21.8. The summed E-state index contributed by atoms with van der Waals surface area (Å²) >= 11 is 0. The summed E-state index contributed by atoms with van der Waals surface area (Å²) in [6.07, 6.45) is 0.258. The highest BCUT2D eigenvalue weighted by Gasteiger charge is 2.34. The number of anilines is 1. The Bertz CT molecular complexity index is 1380. The third kappa shape index (κ3) is 4.14. The van der Waals surface area contributed by atoms with Crippen LogP contribution in [0.25, 0.3) is 5.95 Å². The molecule has 5 rings (SSSR count). The van der Waals surface area contributed by atoms with Crippen LogP contribution in [-0.2, 0) is 11.4 Å². The van der Waals surface area contributed by atoms with E-state index < -0.39 is 0 Å². The number of nitrogens with one attached hydrogen (secondary N) is 1. The average molecular weight is 458 g/mol. The Kier molecular flexibility index (Phi) is 5.57. The molecule has 7 nitrogen and oxygen atoms in total. The molecular weight excluding hydrogens is 433 g/mol. The standard InChI is InChI=1S/C26H24FN5O2/c1-15-11-16(2)29-26(28-15)32-25-24(17(3)31-32)21(13-23(33)30-25)20-9-4-5-10-22(20)34-14-18-7-6-8-19(27)12-18/h4-12,21H,13-14H2,1-3H3,(H,30,33)/t21-/m1/s1. The fraction of sp³-hybridized carbons (Fsp3) is 0.231. The van der Waals surface area contributed by atoms with E-state index in [9.17, 15) is 9.18 Å². The summed E-state index contributed by atoms with van der Waals surface area (Å²) in [7, 11) is 0. The van der Waals surface area contributed by atoms with Gasteiger partial charge < -0.3 is 10.1 Å². The number of carbonyl (C=O) groups excluding carboxylic acids is 1. The highest BCUT2D eigenvalue weighted by molar-refractivity contribution is 5.95. The second-order valence-corrected chi connectivity index (χ2v) is 8.47. The molecule has 0 spiro atoms. The maximum Gasteiger partial charge on any atom is 0.252 e. The third-order valence-corrected chi connectivity index (χ3v) is 5.84. The van der Waals surface area contributed by atoms with Crippen LogP contribution in [0.2, 0.25) is 0 Å². The number of halogens is 1. The van der Waals surface area contributed by atoms with Gasteiger partial charge in [-0.2, -0.15) is 9.78 Å². The largest absolute Gasteiger partial charge is 0.489 e. The number of benzene rings is 2. The van der Waals surface area contributed by atoms with Crippen molar-refractivity contribution in [1.29, 1.82) is 0 Å². The fourth-order valence-corrected chi connectivity index (χ4v) is 4.45. The van der Waals surface area contributed by atoms with Crippen molar-refractivity contribution in [3.8, 4) is 11.7 Å². The molecular formula is C26H24FN5O2. The van der Waals surface area contributed by atoms with Crippen molar-refractivity contribution in [2.24, 2.45) is 0 Å². The number of fused-ring (bicyclic) bond motifs is 1. The van der Waals surface area contributed by atoms with E-state index in [2.05, 4.69) is 20.4 Å². The second kappa shape index (κ2) is 8.70. The van der Waals surface area contributed by atoms with Crippen LogP contribution in [-0.4, -0.2) is 25.7 Å². The summed E-state index contributed by atoms with van der Waals surface area (Å²) in [6.45, 7) is 5.93. The highest BCUT2D eigenvalue weighted by atomic mass is 19.1. The molecule has 1 aliphatic heterocycles. The summed E-state index contributed by atoms with van der Waals surface area (Å²) < 4.78 is 21.3. The zero-order valence-electron chi connectivity index (χ0n) is 19.2. The molecule has 0 aliphatic carbocycles. The molecule has 1 N–H and O–H groups in total. The van der Waals surface area contributed by atoms with E-state index in [1.165, 1.54) is 12.1 Å². The maximum atomic E-state index is 13.6. The number of aryl methyl sites for hydroxylation is 3. The molecule has 0 unspecified atom stereocenters. The number of amides is 1. The molecule has 1 atom stereocenters. The Morgan fingerprint density at radius 1 is 1.06 bits per heavy atom. The van der Waals surface area contributed by atoms with Gasteiger partial charge >= 0.3 is 0 Å². The van der Waals surface area contributed by atoms with Gasteiger partial charge in [0.2, 0.25) is 5.91 Å². The van der Waals surface area contributed by atoms with Gasteiger partial charge in [0, 0.05) is 34.9 Å². The zero-order chi connectivity index (χ0) is 23.8. The summed E-state index contributed by atoms with van der Waals surface area (Å²) in [5.74, 6) is 0.948. The minimum Gasteiger partial charge on any atom is -0.489 e. The van der Waals surface area contributed by atoms with Crippen molar-refractivity contribution >= 4 is 11.7 Å². The molecule has 4 aromatic rings. The number of hydrogen-bond donors (Lipinski definition) is 1. The molecule has 0 radical (unpaired) electrons. The number of ether oxygens (including phenoxy) is 1. The van der Waals surface area contributed by atoms with Crippen molar-refractivity contribution in [3.63, 3.8) is 0 Å². The summed E-state index contributed by atoms with van der Waals surface area (Å²) in [5, 5.41) is 7.65. The first-order chi connectivity index (χ1) is 16.4. The van der Waals surface area contributed by atoms with Crippen LogP contribution in [0.3, 0.4) is 0 Å². The lowest BCUT2D eigenvalue weighted by Crippen LogP contribution is -2.25. The first-order valence-electron chi connectivity index (χ1n) is 11.1. The number of para-hydroxylation sites is 1. The maximum absolute atomic E-state index is 13.6. The lowest BCUT2D eigenvalue weighted by molar-refractivity contribution is -0.116. The number of rotatable bonds is 5. The quantitative estimate of drug-likeness (QED) is 0.466. The summed E-state index contributed by atoms with van der Waals surface area (Å²) in [6, 6.07) is 15.8. The third-order valence-electron chi connectivity index (χ3n) is 5.84. The molecule has 2 aromatic heterocycles. The van der Waals surface area contributed by atoms with Gasteiger partial charge in [-0.05, 0) is 50.6 Å². The van der Waals surface area contributed by atoms with Crippen molar-refractivity contribution in [2.75, 3.05) is 5.32 Å². The Morgan fingerprint density at radius 2 is 1.82 bits per heavy atom. The van der Waals surface area contributed by atoms with Crippen LogP contribution in [0.5, 0.6) is 5.75 Å². The van der Waals surface area contributed by atoms with E-state index in [0.29, 0.717) is 17.5 Å². The molecule has 8 heteroatoms. The molecule has 0 fully saturated rings. The fourth-order valence-electron chi connectivity index (χ4n) is 4.45.